The quantitative estimate of drug-likeness (QED) is 0.334. The van der Waals surface area contributed by atoms with Crippen LogP contribution in [0.15, 0.2) is 54.6 Å². The van der Waals surface area contributed by atoms with Gasteiger partial charge in [0.15, 0.2) is 17.5 Å². The van der Waals surface area contributed by atoms with Gasteiger partial charge in [0.05, 0.1) is 12.2 Å². The Hall–Kier alpha value is -3.89. The first-order chi connectivity index (χ1) is 18.7. The largest absolute Gasteiger partial charge is 0.494 e. The van der Waals surface area contributed by atoms with E-state index in [1.54, 1.807) is 29.2 Å². The standard InChI is InChI=1S/C30H29F3N2O4.H3N/c1-2-39-23-14-19(13-21(15-23)24-7-8-25(31)28(33)27(24)32)17-34-11-9-30(10-12-34)16-26(36)35(18-30)22-5-3-20(4-6-22)29(37)38;/h3-8,13-15H,2,9-12,16-18H2,1H3,(H,37,38);1H3/p+1. The lowest BCUT2D eigenvalue weighted by Crippen LogP contribution is -2.41. The van der Waals surface area contributed by atoms with Crippen LogP contribution in [-0.2, 0) is 11.3 Å². The summed E-state index contributed by atoms with van der Waals surface area (Å²) in [7, 11) is 0. The molecule has 5 rings (SSSR count). The molecule has 5 N–H and O–H groups in total. The highest BCUT2D eigenvalue weighted by Gasteiger charge is 2.45. The fourth-order valence-corrected chi connectivity index (χ4v) is 5.60. The third kappa shape index (κ3) is 5.83. The Kier molecular flexibility index (Phi) is 8.51. The molecule has 0 radical (unpaired) electrons. The van der Waals surface area contributed by atoms with E-state index in [4.69, 9.17) is 9.84 Å². The Morgan fingerprint density at radius 2 is 1.70 bits per heavy atom. The number of carbonyl (C=O) groups excluding carboxylic acids is 1. The van der Waals surface area contributed by atoms with Crippen LogP contribution in [0.5, 0.6) is 5.75 Å². The van der Waals surface area contributed by atoms with Gasteiger partial charge in [-0.3, -0.25) is 9.69 Å². The highest BCUT2D eigenvalue weighted by atomic mass is 19.2. The molecule has 0 aliphatic carbocycles. The molecule has 2 aliphatic heterocycles. The van der Waals surface area contributed by atoms with Gasteiger partial charge in [-0.25, -0.2) is 18.0 Å². The summed E-state index contributed by atoms with van der Waals surface area (Å²) in [5.41, 5.74) is 1.97. The van der Waals surface area contributed by atoms with Crippen LogP contribution in [-0.4, -0.2) is 48.1 Å². The smallest absolute Gasteiger partial charge is 0.335 e. The SMILES string of the molecule is CCOc1cc(CN2CCC3(CC2)CC(=O)N(c2ccc(C(=O)O)cc2)C3)cc(-c2ccc(F)c(F)c2F)c1.[NH4+]. The molecule has 2 heterocycles. The summed E-state index contributed by atoms with van der Waals surface area (Å²) in [5, 5.41) is 9.13. The molecule has 1 amide bonds. The second-order valence-corrected chi connectivity index (χ2v) is 10.3. The van der Waals surface area contributed by atoms with Crippen molar-refractivity contribution in [2.45, 2.75) is 32.7 Å². The van der Waals surface area contributed by atoms with E-state index in [2.05, 4.69) is 4.90 Å². The van der Waals surface area contributed by atoms with E-state index in [0.717, 1.165) is 37.6 Å². The monoisotopic (exact) mass is 556 g/mol. The van der Waals surface area contributed by atoms with Crippen molar-refractivity contribution in [3.05, 3.63) is 83.2 Å². The molecule has 212 valence electrons. The number of ether oxygens (including phenoxy) is 1. The number of piperidine rings is 1. The Morgan fingerprint density at radius 1 is 1.00 bits per heavy atom. The lowest BCUT2D eigenvalue weighted by Gasteiger charge is -2.39. The number of anilines is 1. The molecule has 2 saturated heterocycles. The molecule has 0 bridgehead atoms. The summed E-state index contributed by atoms with van der Waals surface area (Å²) in [6.07, 6.45) is 2.08. The Balaban J connectivity index is 0.00000370. The summed E-state index contributed by atoms with van der Waals surface area (Å²) in [5.74, 6) is -4.42. The summed E-state index contributed by atoms with van der Waals surface area (Å²) in [6, 6.07) is 13.8. The molecular formula is C30H33F3N3O4+. The molecule has 3 aromatic rings. The van der Waals surface area contributed by atoms with E-state index in [-0.39, 0.29) is 28.6 Å². The predicted molar refractivity (Wildman–Crippen MR) is 146 cm³/mol. The Bertz CT molecular complexity index is 1410. The molecule has 1 spiro atoms. The first kappa shape index (κ1) is 29.1. The second kappa shape index (κ2) is 11.7. The van der Waals surface area contributed by atoms with Gasteiger partial charge in [0.2, 0.25) is 5.91 Å². The van der Waals surface area contributed by atoms with Crippen LogP contribution in [0, 0.1) is 22.9 Å². The highest BCUT2D eigenvalue weighted by molar-refractivity contribution is 5.97. The van der Waals surface area contributed by atoms with Crippen LogP contribution in [0.1, 0.15) is 42.1 Å². The third-order valence-electron chi connectivity index (χ3n) is 7.69. The molecule has 3 aromatic carbocycles. The van der Waals surface area contributed by atoms with Crippen molar-refractivity contribution in [3.8, 4) is 16.9 Å². The maximum absolute atomic E-state index is 14.5. The van der Waals surface area contributed by atoms with Crippen molar-refractivity contribution in [1.29, 1.82) is 0 Å². The van der Waals surface area contributed by atoms with Crippen molar-refractivity contribution in [2.24, 2.45) is 5.41 Å². The minimum absolute atomic E-state index is 0. The fourth-order valence-electron chi connectivity index (χ4n) is 5.60. The number of carboxylic acids is 1. The molecule has 2 aliphatic rings. The van der Waals surface area contributed by atoms with Crippen LogP contribution in [0.3, 0.4) is 0 Å². The van der Waals surface area contributed by atoms with Crippen molar-refractivity contribution >= 4 is 17.6 Å². The zero-order valence-corrected chi connectivity index (χ0v) is 22.6. The molecule has 7 nitrogen and oxygen atoms in total. The zero-order valence-electron chi connectivity index (χ0n) is 22.6. The molecular weight excluding hydrogens is 523 g/mol. The summed E-state index contributed by atoms with van der Waals surface area (Å²) >= 11 is 0. The van der Waals surface area contributed by atoms with Gasteiger partial charge in [0.25, 0.3) is 0 Å². The average Bonchev–Trinajstić information content (AvgIpc) is 3.24. The van der Waals surface area contributed by atoms with Gasteiger partial charge < -0.3 is 20.9 Å². The number of hydrogen-bond acceptors (Lipinski definition) is 4. The minimum atomic E-state index is -1.50. The van der Waals surface area contributed by atoms with Crippen molar-refractivity contribution in [1.82, 2.24) is 11.1 Å². The van der Waals surface area contributed by atoms with Crippen LogP contribution in [0.25, 0.3) is 11.1 Å². The molecule has 40 heavy (non-hydrogen) atoms. The summed E-state index contributed by atoms with van der Waals surface area (Å²) in [6.45, 7) is 4.90. The second-order valence-electron chi connectivity index (χ2n) is 10.3. The summed E-state index contributed by atoms with van der Waals surface area (Å²) in [4.78, 5) is 28.0. The third-order valence-corrected chi connectivity index (χ3v) is 7.69. The number of amides is 1. The van der Waals surface area contributed by atoms with E-state index < -0.39 is 23.4 Å². The van der Waals surface area contributed by atoms with Crippen molar-refractivity contribution in [2.75, 3.05) is 31.1 Å². The number of likely N-dealkylation sites (tertiary alicyclic amines) is 1. The average molecular weight is 557 g/mol. The number of benzene rings is 3. The lowest BCUT2D eigenvalue weighted by molar-refractivity contribution is -0.118. The Labute approximate surface area is 230 Å². The number of hydrogen-bond donors (Lipinski definition) is 2. The van der Waals surface area contributed by atoms with Crippen LogP contribution in [0.2, 0.25) is 0 Å². The molecule has 2 fully saturated rings. The molecule has 0 saturated carbocycles. The van der Waals surface area contributed by atoms with E-state index in [0.29, 0.717) is 43.1 Å². The molecule has 10 heteroatoms. The number of nitrogens with zero attached hydrogens (tertiary/aromatic N) is 2. The topological polar surface area (TPSA) is 107 Å². The Morgan fingerprint density at radius 3 is 2.35 bits per heavy atom. The van der Waals surface area contributed by atoms with Gasteiger partial charge in [-0.2, -0.15) is 0 Å². The number of rotatable bonds is 7. The molecule has 0 atom stereocenters. The van der Waals surface area contributed by atoms with Gasteiger partial charge in [0.1, 0.15) is 5.75 Å². The lowest BCUT2D eigenvalue weighted by atomic mass is 9.77. The number of carboxylic acid groups (broad SMARTS) is 1. The number of halogens is 3. The number of carbonyl (C=O) groups is 2. The maximum Gasteiger partial charge on any atom is 0.335 e. The first-order valence-electron chi connectivity index (χ1n) is 12.9. The maximum atomic E-state index is 14.5. The van der Waals surface area contributed by atoms with Crippen LogP contribution >= 0.6 is 0 Å². The van der Waals surface area contributed by atoms with E-state index in [1.807, 2.05) is 13.0 Å². The minimum Gasteiger partial charge on any atom is -0.494 e. The highest BCUT2D eigenvalue weighted by Crippen LogP contribution is 2.43. The zero-order chi connectivity index (χ0) is 27.7. The number of quaternary nitrogens is 1. The van der Waals surface area contributed by atoms with Gasteiger partial charge in [-0.15, -0.1) is 0 Å². The summed E-state index contributed by atoms with van der Waals surface area (Å²) < 4.78 is 47.6. The van der Waals surface area contributed by atoms with E-state index in [9.17, 15) is 22.8 Å². The van der Waals surface area contributed by atoms with Crippen LogP contribution < -0.4 is 15.8 Å². The normalized spacial score (nSPS) is 16.7. The van der Waals surface area contributed by atoms with E-state index in [1.165, 1.54) is 18.2 Å². The van der Waals surface area contributed by atoms with Crippen molar-refractivity contribution in [3.63, 3.8) is 0 Å². The fraction of sp³-hybridized carbons (Fsp3) is 0.333. The van der Waals surface area contributed by atoms with Crippen LogP contribution in [0.4, 0.5) is 18.9 Å². The molecule has 0 aromatic heterocycles. The van der Waals surface area contributed by atoms with Gasteiger partial charge in [0, 0.05) is 30.8 Å². The van der Waals surface area contributed by atoms with Gasteiger partial charge in [-0.05, 0) is 104 Å². The van der Waals surface area contributed by atoms with Gasteiger partial charge >= 0.3 is 5.97 Å². The number of aromatic carboxylic acids is 1. The molecule has 0 unspecified atom stereocenters. The first-order valence-corrected chi connectivity index (χ1v) is 12.9. The van der Waals surface area contributed by atoms with Crippen molar-refractivity contribution < 1.29 is 32.6 Å². The van der Waals surface area contributed by atoms with E-state index >= 15 is 0 Å². The van der Waals surface area contributed by atoms with Gasteiger partial charge in [-0.1, -0.05) is 0 Å². The predicted octanol–water partition coefficient (Wildman–Crippen LogP) is 6.26.